The second-order valence-corrected chi connectivity index (χ2v) is 3.83. The molecule has 0 bridgehead atoms. The molecule has 98 valence electrons. The molecule has 0 saturated carbocycles. The van der Waals surface area contributed by atoms with Crippen molar-refractivity contribution in [2.24, 2.45) is 0 Å². The summed E-state index contributed by atoms with van der Waals surface area (Å²) in [6.45, 7) is 0. The fourth-order valence-corrected chi connectivity index (χ4v) is 1.49. The molecule has 6 nitrogen and oxygen atoms in total. The minimum Gasteiger partial charge on any atom is -0.465 e. The van der Waals surface area contributed by atoms with Crippen LogP contribution in [-0.2, 0) is 4.74 Å². The highest BCUT2D eigenvalue weighted by atomic mass is 35.5. The van der Waals surface area contributed by atoms with Crippen LogP contribution >= 0.6 is 11.6 Å². The molecule has 1 rings (SSSR count). The van der Waals surface area contributed by atoms with Gasteiger partial charge in [-0.3, -0.25) is 0 Å². The van der Waals surface area contributed by atoms with Crippen LogP contribution in [0, 0.1) is 34.0 Å². The minimum absolute atomic E-state index is 0.0861. The van der Waals surface area contributed by atoms with E-state index in [4.69, 9.17) is 27.4 Å². The van der Waals surface area contributed by atoms with E-state index in [1.165, 1.54) is 25.3 Å². The van der Waals surface area contributed by atoms with Crippen LogP contribution in [0.5, 0.6) is 0 Å². The molecule has 0 saturated heterocycles. The monoisotopic (exact) mass is 286 g/mol. The van der Waals surface area contributed by atoms with Crippen LogP contribution in [0.15, 0.2) is 29.5 Å². The third-order valence-corrected chi connectivity index (χ3v) is 2.47. The van der Waals surface area contributed by atoms with E-state index in [1.807, 2.05) is 0 Å². The summed E-state index contributed by atoms with van der Waals surface area (Å²) in [5, 5.41) is 29.3. The molecule has 0 heterocycles. The first-order valence-electron chi connectivity index (χ1n) is 5.16. The fourth-order valence-electron chi connectivity index (χ4n) is 1.32. The van der Waals surface area contributed by atoms with E-state index in [-0.39, 0.29) is 16.9 Å². The van der Waals surface area contributed by atoms with Crippen LogP contribution in [0.2, 0.25) is 5.02 Å². The average Bonchev–Trinajstić information content (AvgIpc) is 2.47. The number of anilines is 1. The summed E-state index contributed by atoms with van der Waals surface area (Å²) in [5.74, 6) is -0.664. The number of methoxy groups -OCH3 is 1. The highest BCUT2D eigenvalue weighted by Crippen LogP contribution is 2.23. The van der Waals surface area contributed by atoms with E-state index in [9.17, 15) is 4.79 Å². The summed E-state index contributed by atoms with van der Waals surface area (Å²) >= 11 is 5.79. The van der Waals surface area contributed by atoms with Gasteiger partial charge in [0.1, 0.15) is 23.9 Å². The van der Waals surface area contributed by atoms with Gasteiger partial charge in [-0.25, -0.2) is 4.79 Å². The molecule has 0 amide bonds. The zero-order valence-corrected chi connectivity index (χ0v) is 11.0. The summed E-state index contributed by atoms with van der Waals surface area (Å²) in [7, 11) is 1.20. The number of halogens is 1. The number of rotatable bonds is 3. The Labute approximate surface area is 120 Å². The quantitative estimate of drug-likeness (QED) is 0.674. The molecule has 7 heteroatoms. The van der Waals surface area contributed by atoms with Crippen molar-refractivity contribution in [3.8, 4) is 18.2 Å². The molecule has 0 atom stereocenters. The second kappa shape index (κ2) is 6.80. The molecule has 0 unspecified atom stereocenters. The van der Waals surface area contributed by atoms with Gasteiger partial charge in [0, 0.05) is 5.02 Å². The number of carbonyl (C=O) groups excluding carboxylic acids is 1. The Kier molecular flexibility index (Phi) is 5.12. The van der Waals surface area contributed by atoms with Gasteiger partial charge in [-0.15, -0.1) is 0 Å². The van der Waals surface area contributed by atoms with Crippen LogP contribution in [-0.4, -0.2) is 13.1 Å². The van der Waals surface area contributed by atoms with Crippen molar-refractivity contribution in [1.82, 2.24) is 0 Å². The largest absolute Gasteiger partial charge is 0.465 e. The molecule has 20 heavy (non-hydrogen) atoms. The Morgan fingerprint density at radius 2 is 1.90 bits per heavy atom. The van der Waals surface area contributed by atoms with Crippen molar-refractivity contribution in [2.45, 2.75) is 0 Å². The zero-order chi connectivity index (χ0) is 15.1. The molecule has 0 fully saturated rings. The highest BCUT2D eigenvalue weighted by molar-refractivity contribution is 6.31. The first-order valence-corrected chi connectivity index (χ1v) is 5.54. The van der Waals surface area contributed by atoms with Gasteiger partial charge >= 0.3 is 5.97 Å². The molecular formula is C13H7ClN4O2. The van der Waals surface area contributed by atoms with Crippen LogP contribution in [0.1, 0.15) is 10.4 Å². The summed E-state index contributed by atoms with van der Waals surface area (Å²) < 4.78 is 4.59. The van der Waals surface area contributed by atoms with Crippen molar-refractivity contribution < 1.29 is 9.53 Å². The normalized spacial score (nSPS) is 8.55. The minimum atomic E-state index is -0.664. The number of carbonyl (C=O) groups is 1. The molecular weight excluding hydrogens is 280 g/mol. The Balaban J connectivity index is 3.34. The maximum atomic E-state index is 11.6. The second-order valence-electron chi connectivity index (χ2n) is 3.39. The lowest BCUT2D eigenvalue weighted by molar-refractivity contribution is 0.0602. The first kappa shape index (κ1) is 15.0. The van der Waals surface area contributed by atoms with E-state index in [1.54, 1.807) is 18.2 Å². The SMILES string of the molecule is COC(=O)c1cc(Cl)ccc1NC(C#N)=C(C#N)C#N. The third kappa shape index (κ3) is 3.26. The molecule has 0 spiro atoms. The van der Waals surface area contributed by atoms with Crippen LogP contribution in [0.25, 0.3) is 0 Å². The van der Waals surface area contributed by atoms with E-state index in [0.717, 1.165) is 0 Å². The van der Waals surface area contributed by atoms with E-state index in [0.29, 0.717) is 5.02 Å². The number of nitrogens with zero attached hydrogens (tertiary/aromatic N) is 3. The summed E-state index contributed by atoms with van der Waals surface area (Å²) in [6.07, 6.45) is 0. The highest BCUT2D eigenvalue weighted by Gasteiger charge is 2.15. The average molecular weight is 287 g/mol. The number of hydrogen-bond acceptors (Lipinski definition) is 6. The Hall–Kier alpha value is -3.01. The molecule has 0 aliphatic heterocycles. The van der Waals surface area contributed by atoms with Crippen LogP contribution < -0.4 is 5.32 Å². The van der Waals surface area contributed by atoms with E-state index < -0.39 is 11.5 Å². The maximum Gasteiger partial charge on any atom is 0.340 e. The van der Waals surface area contributed by atoms with Gasteiger partial charge in [-0.05, 0) is 18.2 Å². The number of nitrogens with one attached hydrogen (secondary N) is 1. The zero-order valence-electron chi connectivity index (χ0n) is 10.3. The lowest BCUT2D eigenvalue weighted by atomic mass is 10.1. The van der Waals surface area contributed by atoms with Crippen molar-refractivity contribution in [1.29, 1.82) is 15.8 Å². The summed E-state index contributed by atoms with van der Waals surface area (Å²) in [4.78, 5) is 11.6. The first-order chi connectivity index (χ1) is 9.57. The predicted octanol–water partition coefficient (Wildman–Crippen LogP) is 2.36. The van der Waals surface area contributed by atoms with Gasteiger partial charge in [0.2, 0.25) is 0 Å². The van der Waals surface area contributed by atoms with Gasteiger partial charge in [0.15, 0.2) is 5.57 Å². The van der Waals surface area contributed by atoms with Gasteiger partial charge < -0.3 is 10.1 Å². The molecule has 1 aromatic rings. The van der Waals surface area contributed by atoms with Gasteiger partial charge in [-0.1, -0.05) is 11.6 Å². The Bertz CT molecular complexity index is 689. The smallest absolute Gasteiger partial charge is 0.340 e. The van der Waals surface area contributed by atoms with Crippen molar-refractivity contribution in [3.63, 3.8) is 0 Å². The summed E-state index contributed by atoms with van der Waals surface area (Å²) in [5.41, 5.74) is -0.357. The lowest BCUT2D eigenvalue weighted by Crippen LogP contribution is -2.08. The van der Waals surface area contributed by atoms with Gasteiger partial charge in [-0.2, -0.15) is 15.8 Å². The van der Waals surface area contributed by atoms with E-state index in [2.05, 4.69) is 10.1 Å². The molecule has 0 aromatic heterocycles. The number of ether oxygens (including phenoxy) is 1. The van der Waals surface area contributed by atoms with Gasteiger partial charge in [0.25, 0.3) is 0 Å². The van der Waals surface area contributed by atoms with Crippen molar-refractivity contribution >= 4 is 23.3 Å². The Morgan fingerprint density at radius 3 is 2.40 bits per heavy atom. The van der Waals surface area contributed by atoms with Crippen LogP contribution in [0.4, 0.5) is 5.69 Å². The Morgan fingerprint density at radius 1 is 1.25 bits per heavy atom. The van der Waals surface area contributed by atoms with Crippen LogP contribution in [0.3, 0.4) is 0 Å². The topological polar surface area (TPSA) is 110 Å². The number of nitriles is 3. The van der Waals surface area contributed by atoms with E-state index >= 15 is 0 Å². The van der Waals surface area contributed by atoms with Gasteiger partial charge in [0.05, 0.1) is 18.4 Å². The number of benzene rings is 1. The lowest BCUT2D eigenvalue weighted by Gasteiger charge is -2.10. The molecule has 0 aliphatic rings. The maximum absolute atomic E-state index is 11.6. The molecule has 0 aliphatic carbocycles. The molecule has 1 N–H and O–H groups in total. The fraction of sp³-hybridized carbons (Fsp3) is 0.0769. The third-order valence-electron chi connectivity index (χ3n) is 2.23. The molecule has 1 aromatic carbocycles. The number of allylic oxidation sites excluding steroid dienone is 2. The van der Waals surface area contributed by atoms with Crippen molar-refractivity contribution in [3.05, 3.63) is 40.1 Å². The number of hydrogen-bond donors (Lipinski definition) is 1. The number of esters is 1. The molecule has 0 radical (unpaired) electrons. The predicted molar refractivity (Wildman–Crippen MR) is 70.3 cm³/mol. The summed E-state index contributed by atoms with van der Waals surface area (Å²) in [6, 6.07) is 9.15. The van der Waals surface area contributed by atoms with Crippen molar-refractivity contribution in [2.75, 3.05) is 12.4 Å². The standard InChI is InChI=1S/C13H7ClN4O2/c1-20-13(19)10-4-9(14)2-3-11(10)18-12(7-17)8(5-15)6-16/h2-4,18H,1H3.